The van der Waals surface area contributed by atoms with Crippen LogP contribution >= 0.6 is 0 Å². The molecule has 0 spiro atoms. The molecule has 0 bridgehead atoms. The highest BCUT2D eigenvalue weighted by Crippen LogP contribution is 2.20. The van der Waals surface area contributed by atoms with Crippen LogP contribution in [-0.4, -0.2) is 33.3 Å². The Balaban J connectivity index is 2.27. The predicted octanol–water partition coefficient (Wildman–Crippen LogP) is 0.719. The maximum absolute atomic E-state index is 12.4. The summed E-state index contributed by atoms with van der Waals surface area (Å²) < 4.78 is 29.0. The van der Waals surface area contributed by atoms with E-state index in [0.29, 0.717) is 11.5 Å². The smallest absolute Gasteiger partial charge is 0.242 e. The minimum atomic E-state index is -3.70. The maximum atomic E-state index is 12.4. The SMILES string of the molecule is CC(NS(=O)(=O)c1cc(CO)n(C(C)C)c1)c1ncn[nH]1. The fourth-order valence-corrected chi connectivity index (χ4v) is 3.29. The van der Waals surface area contributed by atoms with Gasteiger partial charge in [-0.2, -0.15) is 5.10 Å². The van der Waals surface area contributed by atoms with Crippen molar-refractivity contribution < 1.29 is 13.5 Å². The molecular formula is C12H19N5O3S. The molecule has 2 heterocycles. The first kappa shape index (κ1) is 15.7. The van der Waals surface area contributed by atoms with Gasteiger partial charge < -0.3 is 9.67 Å². The standard InChI is InChI=1S/C12H19N5O3S/c1-8(2)17-5-11(4-10(17)6-18)21(19,20)16-9(3)12-13-7-14-15-12/h4-5,7-9,16,18H,6H2,1-3H3,(H,13,14,15). The Hall–Kier alpha value is -1.71. The summed E-state index contributed by atoms with van der Waals surface area (Å²) in [7, 11) is -3.70. The van der Waals surface area contributed by atoms with Gasteiger partial charge in [0.1, 0.15) is 17.0 Å². The highest BCUT2D eigenvalue weighted by Gasteiger charge is 2.23. The molecule has 0 aliphatic rings. The van der Waals surface area contributed by atoms with E-state index >= 15 is 0 Å². The van der Waals surface area contributed by atoms with Crippen molar-refractivity contribution in [3.63, 3.8) is 0 Å². The molecule has 3 N–H and O–H groups in total. The Labute approximate surface area is 123 Å². The fraction of sp³-hybridized carbons (Fsp3) is 0.500. The van der Waals surface area contributed by atoms with Crippen LogP contribution in [0.1, 0.15) is 44.4 Å². The van der Waals surface area contributed by atoms with Gasteiger partial charge in [0.15, 0.2) is 0 Å². The number of aromatic amines is 1. The Bertz CT molecular complexity index is 691. The summed E-state index contributed by atoms with van der Waals surface area (Å²) in [4.78, 5) is 4.04. The molecule has 0 radical (unpaired) electrons. The molecule has 0 aliphatic heterocycles. The molecular weight excluding hydrogens is 294 g/mol. The Morgan fingerprint density at radius 2 is 2.14 bits per heavy atom. The normalized spacial score (nSPS) is 13.8. The van der Waals surface area contributed by atoms with Crippen LogP contribution in [0.3, 0.4) is 0 Å². The van der Waals surface area contributed by atoms with E-state index in [1.807, 2.05) is 13.8 Å². The van der Waals surface area contributed by atoms with Gasteiger partial charge >= 0.3 is 0 Å². The van der Waals surface area contributed by atoms with Gasteiger partial charge in [0, 0.05) is 17.9 Å². The van der Waals surface area contributed by atoms with Crippen molar-refractivity contribution >= 4 is 10.0 Å². The number of H-pyrrole nitrogens is 1. The lowest BCUT2D eigenvalue weighted by molar-refractivity contribution is 0.268. The van der Waals surface area contributed by atoms with Crippen LogP contribution in [-0.2, 0) is 16.6 Å². The lowest BCUT2D eigenvalue weighted by Gasteiger charge is -2.11. The first-order valence-corrected chi connectivity index (χ1v) is 8.02. The Morgan fingerprint density at radius 3 is 2.62 bits per heavy atom. The third kappa shape index (κ3) is 3.31. The number of nitrogens with zero attached hydrogens (tertiary/aromatic N) is 3. The molecule has 0 saturated carbocycles. The van der Waals surface area contributed by atoms with Gasteiger partial charge in [0.05, 0.1) is 12.6 Å². The monoisotopic (exact) mass is 313 g/mol. The van der Waals surface area contributed by atoms with Crippen molar-refractivity contribution in [2.75, 3.05) is 0 Å². The summed E-state index contributed by atoms with van der Waals surface area (Å²) >= 11 is 0. The number of aliphatic hydroxyl groups excluding tert-OH is 1. The summed E-state index contributed by atoms with van der Waals surface area (Å²) in [5, 5.41) is 15.6. The van der Waals surface area contributed by atoms with E-state index in [0.717, 1.165) is 0 Å². The van der Waals surface area contributed by atoms with E-state index in [-0.39, 0.29) is 17.5 Å². The largest absolute Gasteiger partial charge is 0.390 e. The molecule has 0 amide bonds. The summed E-state index contributed by atoms with van der Waals surface area (Å²) in [6.07, 6.45) is 2.84. The van der Waals surface area contributed by atoms with Gasteiger partial charge in [-0.15, -0.1) is 0 Å². The van der Waals surface area contributed by atoms with Crippen molar-refractivity contribution in [2.24, 2.45) is 0 Å². The number of aromatic nitrogens is 4. The van der Waals surface area contributed by atoms with E-state index in [1.54, 1.807) is 11.5 Å². The number of nitrogens with one attached hydrogen (secondary N) is 2. The molecule has 21 heavy (non-hydrogen) atoms. The zero-order valence-corrected chi connectivity index (χ0v) is 12.9. The van der Waals surface area contributed by atoms with Gasteiger partial charge in [0.25, 0.3) is 0 Å². The quantitative estimate of drug-likeness (QED) is 0.727. The number of rotatable bonds is 6. The van der Waals surface area contributed by atoms with E-state index in [9.17, 15) is 13.5 Å². The minimum absolute atomic E-state index is 0.0581. The van der Waals surface area contributed by atoms with Crippen molar-refractivity contribution in [1.82, 2.24) is 24.5 Å². The zero-order valence-electron chi connectivity index (χ0n) is 12.1. The van der Waals surface area contributed by atoms with Crippen LogP contribution < -0.4 is 4.72 Å². The summed E-state index contributed by atoms with van der Waals surface area (Å²) in [5.74, 6) is 0.434. The number of aliphatic hydroxyl groups is 1. The molecule has 0 fully saturated rings. The molecule has 116 valence electrons. The van der Waals surface area contributed by atoms with Crippen LogP contribution in [0, 0.1) is 0 Å². The molecule has 1 atom stereocenters. The van der Waals surface area contributed by atoms with Crippen molar-refractivity contribution in [3.8, 4) is 0 Å². The minimum Gasteiger partial charge on any atom is -0.390 e. The molecule has 2 aromatic heterocycles. The Morgan fingerprint density at radius 1 is 1.43 bits per heavy atom. The van der Waals surface area contributed by atoms with Gasteiger partial charge in [0.2, 0.25) is 10.0 Å². The number of hydrogen-bond acceptors (Lipinski definition) is 5. The molecule has 1 unspecified atom stereocenters. The molecule has 0 saturated heterocycles. The second-order valence-electron chi connectivity index (χ2n) is 5.04. The second kappa shape index (κ2) is 5.96. The van der Waals surface area contributed by atoms with Crippen LogP contribution in [0.4, 0.5) is 0 Å². The highest BCUT2D eigenvalue weighted by atomic mass is 32.2. The van der Waals surface area contributed by atoms with Crippen LogP contribution in [0.15, 0.2) is 23.5 Å². The van der Waals surface area contributed by atoms with E-state index in [1.165, 1.54) is 18.6 Å². The van der Waals surface area contributed by atoms with Gasteiger partial charge in [-0.1, -0.05) is 0 Å². The van der Waals surface area contributed by atoms with E-state index < -0.39 is 16.1 Å². The van der Waals surface area contributed by atoms with Crippen molar-refractivity contribution in [3.05, 3.63) is 30.1 Å². The van der Waals surface area contributed by atoms with E-state index in [2.05, 4.69) is 19.9 Å². The lowest BCUT2D eigenvalue weighted by atomic mass is 10.3. The number of hydrogen-bond donors (Lipinski definition) is 3. The van der Waals surface area contributed by atoms with Gasteiger partial charge in [-0.3, -0.25) is 5.10 Å². The third-order valence-electron chi connectivity index (χ3n) is 3.11. The summed E-state index contributed by atoms with van der Waals surface area (Å²) in [5.41, 5.74) is 0.553. The topological polar surface area (TPSA) is 113 Å². The molecule has 8 nitrogen and oxygen atoms in total. The first-order valence-electron chi connectivity index (χ1n) is 6.54. The van der Waals surface area contributed by atoms with E-state index in [4.69, 9.17) is 0 Å². The molecule has 9 heteroatoms. The zero-order chi connectivity index (χ0) is 15.6. The van der Waals surface area contributed by atoms with Gasteiger partial charge in [-0.25, -0.2) is 18.1 Å². The predicted molar refractivity (Wildman–Crippen MR) is 75.9 cm³/mol. The number of sulfonamides is 1. The lowest BCUT2D eigenvalue weighted by Crippen LogP contribution is -2.27. The molecule has 0 aliphatic carbocycles. The maximum Gasteiger partial charge on any atom is 0.242 e. The highest BCUT2D eigenvalue weighted by molar-refractivity contribution is 7.89. The molecule has 0 aromatic carbocycles. The fourth-order valence-electron chi connectivity index (χ4n) is 2.03. The van der Waals surface area contributed by atoms with Gasteiger partial charge in [-0.05, 0) is 26.8 Å². The molecule has 2 rings (SSSR count). The third-order valence-corrected chi connectivity index (χ3v) is 4.62. The first-order chi connectivity index (χ1) is 9.85. The van der Waals surface area contributed by atoms with Crippen LogP contribution in [0.25, 0.3) is 0 Å². The van der Waals surface area contributed by atoms with Crippen LogP contribution in [0.2, 0.25) is 0 Å². The summed E-state index contributed by atoms with van der Waals surface area (Å²) in [6.45, 7) is 5.29. The molecule has 2 aromatic rings. The van der Waals surface area contributed by atoms with Crippen molar-refractivity contribution in [1.29, 1.82) is 0 Å². The Kier molecular flexibility index (Phi) is 4.45. The van der Waals surface area contributed by atoms with Crippen LogP contribution in [0.5, 0.6) is 0 Å². The summed E-state index contributed by atoms with van der Waals surface area (Å²) in [6, 6.07) is 0.996. The van der Waals surface area contributed by atoms with Crippen molar-refractivity contribution in [2.45, 2.75) is 44.4 Å². The average Bonchev–Trinajstić information content (AvgIpc) is 3.07. The average molecular weight is 313 g/mol. The second-order valence-corrected chi connectivity index (χ2v) is 6.75.